The molecule has 0 saturated carbocycles. The molecule has 2 aromatic rings. The van der Waals surface area contributed by atoms with Crippen LogP contribution in [0.3, 0.4) is 0 Å². The van der Waals surface area contributed by atoms with E-state index in [0.717, 1.165) is 4.90 Å². The van der Waals surface area contributed by atoms with Gasteiger partial charge in [0.05, 0.1) is 103 Å². The molecule has 1 aliphatic rings. The molecule has 0 fully saturated rings. The maximum Gasteiger partial charge on any atom is 0.313 e. The van der Waals surface area contributed by atoms with Crippen LogP contribution in [-0.4, -0.2) is 134 Å². The third kappa shape index (κ3) is 12.9. The molecule has 2 aromatic carbocycles. The van der Waals surface area contributed by atoms with Crippen molar-refractivity contribution in [3.8, 4) is 5.75 Å². The van der Waals surface area contributed by atoms with Gasteiger partial charge in [-0.1, -0.05) is 12.1 Å². The van der Waals surface area contributed by atoms with Crippen LogP contribution >= 0.6 is 0 Å². The number of rotatable bonds is 26. The van der Waals surface area contributed by atoms with Gasteiger partial charge in [-0.2, -0.15) is 8.78 Å². The van der Waals surface area contributed by atoms with Crippen LogP contribution in [-0.2, 0) is 42.7 Å². The molecule has 0 unspecified atom stereocenters. The summed E-state index contributed by atoms with van der Waals surface area (Å²) in [6.07, 6.45) is -0.570. The maximum atomic E-state index is 13.8. The van der Waals surface area contributed by atoms with Crippen molar-refractivity contribution in [2.45, 2.75) is 18.4 Å². The quantitative estimate of drug-likeness (QED) is 0.0375. The number of amides is 3. The number of nitrogens with zero attached hydrogens (tertiary/aromatic N) is 1. The third-order valence-corrected chi connectivity index (χ3v) is 7.29. The predicted octanol–water partition coefficient (Wildman–Crippen LogP) is 2.46. The largest absolute Gasteiger partial charge is 0.420 e. The van der Waals surface area contributed by atoms with Gasteiger partial charge in [-0.05, 0) is 12.1 Å². The van der Waals surface area contributed by atoms with Crippen LogP contribution in [0.2, 0.25) is 0 Å². The molecule has 0 bridgehead atoms. The summed E-state index contributed by atoms with van der Waals surface area (Å²) in [5.74, 6) is -11.0. The molecule has 0 aromatic heterocycles. The Labute approximate surface area is 297 Å². The molecule has 1 heterocycles. The Balaban J connectivity index is 1.22. The fraction of sp³-hybridized carbons (Fsp3) is 0.529. The Morgan fingerprint density at radius 1 is 0.673 bits per heavy atom. The number of esters is 1. The van der Waals surface area contributed by atoms with Gasteiger partial charge in [0.1, 0.15) is 5.54 Å². The fourth-order valence-electron chi connectivity index (χ4n) is 4.90. The van der Waals surface area contributed by atoms with Crippen molar-refractivity contribution >= 4 is 23.7 Å². The summed E-state index contributed by atoms with van der Waals surface area (Å²) in [5, 5.41) is 2.77. The molecular weight excluding hydrogens is 704 g/mol. The van der Waals surface area contributed by atoms with Gasteiger partial charge in [0.15, 0.2) is 11.6 Å². The highest BCUT2D eigenvalue weighted by Gasteiger charge is 2.35. The van der Waals surface area contributed by atoms with E-state index in [9.17, 15) is 36.7 Å². The Kier molecular flexibility index (Phi) is 18.0. The number of nitrogens with one attached hydrogen (secondary N) is 1. The van der Waals surface area contributed by atoms with Crippen molar-refractivity contribution in [2.24, 2.45) is 0 Å². The number of methoxy groups -OCH3 is 2. The van der Waals surface area contributed by atoms with Crippen LogP contribution in [0.1, 0.15) is 33.6 Å². The Morgan fingerprint density at radius 3 is 1.67 bits per heavy atom. The first-order chi connectivity index (χ1) is 25.0. The molecule has 0 aliphatic carbocycles. The van der Waals surface area contributed by atoms with Crippen molar-refractivity contribution in [3.05, 3.63) is 64.7 Å². The number of carbonyl (C=O) groups is 4. The summed E-state index contributed by atoms with van der Waals surface area (Å²) in [5.41, 5.74) is -0.393. The van der Waals surface area contributed by atoms with E-state index in [0.29, 0.717) is 30.9 Å². The first kappa shape index (κ1) is 42.4. The van der Waals surface area contributed by atoms with Crippen molar-refractivity contribution in [1.82, 2.24) is 10.2 Å². The van der Waals surface area contributed by atoms with Crippen molar-refractivity contribution in [1.29, 1.82) is 0 Å². The molecule has 3 amide bonds. The normalized spacial score (nSPS) is 12.8. The number of imide groups is 1. The van der Waals surface area contributed by atoms with Gasteiger partial charge in [0, 0.05) is 26.7 Å². The molecule has 18 heteroatoms. The average molecular weight is 747 g/mol. The SMILES string of the molecule is COCC(COC)(COCCC(=O)Oc1c(F)c(F)cc(F)c1F)NC(=O)CCOCCOCCOCCOCCN1C(=O)c2ccccc2C1=O. The lowest BCUT2D eigenvalue weighted by Gasteiger charge is -2.33. The average Bonchev–Trinajstić information content (AvgIpc) is 3.36. The number of hydrogen-bond acceptors (Lipinski definition) is 12. The Morgan fingerprint density at radius 2 is 1.15 bits per heavy atom. The summed E-state index contributed by atoms with van der Waals surface area (Å²) in [4.78, 5) is 50.5. The summed E-state index contributed by atoms with van der Waals surface area (Å²) in [7, 11) is 2.78. The zero-order chi connectivity index (χ0) is 37.9. The van der Waals surface area contributed by atoms with Gasteiger partial charge in [0.25, 0.3) is 11.8 Å². The van der Waals surface area contributed by atoms with Crippen molar-refractivity contribution in [3.63, 3.8) is 0 Å². The van der Waals surface area contributed by atoms with E-state index in [-0.39, 0.29) is 90.3 Å². The summed E-state index contributed by atoms with van der Waals surface area (Å²) in [6, 6.07) is 6.65. The minimum absolute atomic E-state index is 0.0131. The van der Waals surface area contributed by atoms with Gasteiger partial charge >= 0.3 is 5.97 Å². The van der Waals surface area contributed by atoms with E-state index in [2.05, 4.69) is 10.1 Å². The number of hydrogen-bond donors (Lipinski definition) is 1. The van der Waals surface area contributed by atoms with E-state index < -0.39 is 52.9 Å². The molecule has 3 rings (SSSR count). The maximum absolute atomic E-state index is 13.8. The minimum Gasteiger partial charge on any atom is -0.420 e. The van der Waals surface area contributed by atoms with Crippen LogP contribution in [0, 0.1) is 23.3 Å². The number of fused-ring (bicyclic) bond motifs is 1. The molecule has 52 heavy (non-hydrogen) atoms. The Bertz CT molecular complexity index is 1430. The molecule has 0 atom stereocenters. The molecular formula is C34H42F4N2O12. The molecule has 0 saturated heterocycles. The summed E-state index contributed by atoms with van der Waals surface area (Å²) < 4.78 is 96.4. The zero-order valence-corrected chi connectivity index (χ0v) is 28.9. The van der Waals surface area contributed by atoms with Gasteiger partial charge in [-0.25, -0.2) is 8.78 Å². The second-order valence-corrected chi connectivity index (χ2v) is 11.3. The number of halogens is 4. The van der Waals surface area contributed by atoms with E-state index in [1.54, 1.807) is 24.3 Å². The molecule has 288 valence electrons. The van der Waals surface area contributed by atoms with Gasteiger partial charge in [0.2, 0.25) is 23.3 Å². The first-order valence-electron chi connectivity index (χ1n) is 16.2. The zero-order valence-electron chi connectivity index (χ0n) is 28.9. The fourth-order valence-corrected chi connectivity index (χ4v) is 4.90. The highest BCUT2D eigenvalue weighted by Crippen LogP contribution is 2.27. The van der Waals surface area contributed by atoms with Crippen LogP contribution < -0.4 is 10.1 Å². The van der Waals surface area contributed by atoms with E-state index in [1.807, 2.05) is 0 Å². The smallest absolute Gasteiger partial charge is 0.313 e. The van der Waals surface area contributed by atoms with E-state index in [1.165, 1.54) is 14.2 Å². The molecule has 0 spiro atoms. The molecule has 14 nitrogen and oxygen atoms in total. The molecule has 1 aliphatic heterocycles. The number of benzene rings is 2. The lowest BCUT2D eigenvalue weighted by molar-refractivity contribution is -0.137. The van der Waals surface area contributed by atoms with E-state index >= 15 is 0 Å². The number of ether oxygens (including phenoxy) is 8. The first-order valence-corrected chi connectivity index (χ1v) is 16.2. The molecule has 0 radical (unpaired) electrons. The van der Waals surface area contributed by atoms with Crippen LogP contribution in [0.25, 0.3) is 0 Å². The monoisotopic (exact) mass is 746 g/mol. The second kappa shape index (κ2) is 22.1. The number of carbonyl (C=O) groups excluding carboxylic acids is 4. The predicted molar refractivity (Wildman–Crippen MR) is 172 cm³/mol. The second-order valence-electron chi connectivity index (χ2n) is 11.3. The lowest BCUT2D eigenvalue weighted by atomic mass is 10.0. The highest BCUT2D eigenvalue weighted by atomic mass is 19.2. The van der Waals surface area contributed by atoms with Gasteiger partial charge < -0.3 is 43.2 Å². The standard InChI is InChI=1S/C34H42F4N2O12/c1-45-20-34(21-46-2,22-51-11-8-28(42)52-31-29(37)25(35)19-26(36)30(31)38)39-27(41)7-10-47-13-15-49-17-18-50-16-14-48-12-9-40-32(43)23-5-3-4-6-24(23)33(40)44/h3-6,19H,7-18,20-22H2,1-2H3,(H,39,41). The van der Waals surface area contributed by atoms with E-state index in [4.69, 9.17) is 33.2 Å². The highest BCUT2D eigenvalue weighted by molar-refractivity contribution is 6.21. The Hall–Kier alpha value is -4.04. The third-order valence-electron chi connectivity index (χ3n) is 7.29. The van der Waals surface area contributed by atoms with Crippen LogP contribution in [0.15, 0.2) is 30.3 Å². The molecule has 1 N–H and O–H groups in total. The summed E-state index contributed by atoms with van der Waals surface area (Å²) >= 11 is 0. The van der Waals surface area contributed by atoms with Crippen molar-refractivity contribution in [2.75, 3.05) is 100 Å². The van der Waals surface area contributed by atoms with Gasteiger partial charge in [-0.3, -0.25) is 24.1 Å². The van der Waals surface area contributed by atoms with Crippen molar-refractivity contribution < 1.29 is 74.6 Å². The lowest BCUT2D eigenvalue weighted by Crippen LogP contribution is -2.58. The van der Waals surface area contributed by atoms with Crippen LogP contribution in [0.5, 0.6) is 5.75 Å². The summed E-state index contributed by atoms with van der Waals surface area (Å²) in [6.45, 7) is 1.40. The van der Waals surface area contributed by atoms with Crippen LogP contribution in [0.4, 0.5) is 17.6 Å². The minimum atomic E-state index is -1.85. The van der Waals surface area contributed by atoms with Gasteiger partial charge in [-0.15, -0.1) is 0 Å². The topological polar surface area (TPSA) is 157 Å².